The maximum absolute atomic E-state index is 11.4. The van der Waals surface area contributed by atoms with Crippen molar-refractivity contribution in [1.82, 2.24) is 9.78 Å². The molecule has 0 saturated carbocycles. The molecule has 2 N–H and O–H groups in total. The van der Waals surface area contributed by atoms with Crippen LogP contribution in [0.1, 0.15) is 6.92 Å². The Bertz CT molecular complexity index is 464. The van der Waals surface area contributed by atoms with Gasteiger partial charge in [0, 0.05) is 13.2 Å². The molecule has 1 atom stereocenters. The van der Waals surface area contributed by atoms with E-state index in [1.54, 1.807) is 7.05 Å². The fourth-order valence-corrected chi connectivity index (χ4v) is 1.74. The van der Waals surface area contributed by atoms with E-state index < -0.39 is 21.2 Å². The Labute approximate surface area is 86.8 Å². The molecular formula is C7H11N3O4S. The number of nitrogens with one attached hydrogen (secondary N) is 1. The molecule has 7 nitrogen and oxygen atoms in total. The van der Waals surface area contributed by atoms with E-state index in [-0.39, 0.29) is 5.69 Å². The summed E-state index contributed by atoms with van der Waals surface area (Å²) in [4.78, 5) is 10.5. The van der Waals surface area contributed by atoms with Crippen molar-refractivity contribution in [2.75, 3.05) is 4.72 Å². The first-order valence-electron chi connectivity index (χ1n) is 4.06. The van der Waals surface area contributed by atoms with Gasteiger partial charge >= 0.3 is 5.97 Å². The minimum absolute atomic E-state index is 0.241. The smallest absolute Gasteiger partial charge is 0.323 e. The number of carbonyl (C=O) groups is 1. The molecular weight excluding hydrogens is 222 g/mol. The van der Waals surface area contributed by atoms with Crippen LogP contribution >= 0.6 is 0 Å². The number of hydrogen-bond donors (Lipinski definition) is 2. The molecule has 1 aromatic heterocycles. The summed E-state index contributed by atoms with van der Waals surface area (Å²) < 4.78 is 26.4. The van der Waals surface area contributed by atoms with Gasteiger partial charge in [0.1, 0.15) is 0 Å². The predicted molar refractivity (Wildman–Crippen MR) is 52.8 cm³/mol. The quantitative estimate of drug-likeness (QED) is 0.739. The van der Waals surface area contributed by atoms with E-state index in [0.29, 0.717) is 0 Å². The van der Waals surface area contributed by atoms with Crippen molar-refractivity contribution in [2.45, 2.75) is 12.2 Å². The van der Waals surface area contributed by atoms with Gasteiger partial charge in [0.25, 0.3) is 0 Å². The Balaban J connectivity index is 2.86. The van der Waals surface area contributed by atoms with Gasteiger partial charge < -0.3 is 5.11 Å². The Morgan fingerprint density at radius 2 is 2.27 bits per heavy atom. The third-order valence-electron chi connectivity index (χ3n) is 1.78. The largest absolute Gasteiger partial charge is 0.480 e. The molecule has 0 fully saturated rings. The molecule has 0 aliphatic heterocycles. The Morgan fingerprint density at radius 3 is 2.67 bits per heavy atom. The zero-order chi connectivity index (χ0) is 11.6. The molecule has 84 valence electrons. The van der Waals surface area contributed by atoms with Crippen LogP contribution < -0.4 is 4.72 Å². The number of carboxylic acid groups (broad SMARTS) is 1. The highest BCUT2D eigenvalue weighted by Gasteiger charge is 2.27. The third-order valence-corrected chi connectivity index (χ3v) is 3.43. The van der Waals surface area contributed by atoms with E-state index in [2.05, 4.69) is 9.82 Å². The molecule has 0 radical (unpaired) electrons. The molecule has 0 saturated heterocycles. The van der Waals surface area contributed by atoms with Crippen LogP contribution in [-0.4, -0.2) is 34.5 Å². The topological polar surface area (TPSA) is 101 Å². The van der Waals surface area contributed by atoms with Crippen molar-refractivity contribution in [3.05, 3.63) is 12.4 Å². The second-order valence-electron chi connectivity index (χ2n) is 3.03. The molecule has 0 aliphatic rings. The summed E-state index contributed by atoms with van der Waals surface area (Å²) in [5.41, 5.74) is 0.241. The van der Waals surface area contributed by atoms with Crippen LogP contribution in [-0.2, 0) is 21.9 Å². The van der Waals surface area contributed by atoms with Crippen LogP contribution in [0.25, 0.3) is 0 Å². The zero-order valence-electron chi connectivity index (χ0n) is 8.21. The maximum atomic E-state index is 11.4. The average molecular weight is 233 g/mol. The fourth-order valence-electron chi connectivity index (χ4n) is 0.859. The van der Waals surface area contributed by atoms with E-state index in [4.69, 9.17) is 5.11 Å². The van der Waals surface area contributed by atoms with Gasteiger partial charge in [-0.1, -0.05) is 0 Å². The summed E-state index contributed by atoms with van der Waals surface area (Å²) in [6, 6.07) is 0. The monoisotopic (exact) mass is 233 g/mol. The van der Waals surface area contributed by atoms with Crippen molar-refractivity contribution < 1.29 is 18.3 Å². The number of anilines is 1. The van der Waals surface area contributed by atoms with Crippen LogP contribution in [0, 0.1) is 0 Å². The van der Waals surface area contributed by atoms with Crippen LogP contribution in [0.5, 0.6) is 0 Å². The molecule has 8 heteroatoms. The molecule has 0 amide bonds. The molecule has 0 bridgehead atoms. The van der Waals surface area contributed by atoms with E-state index >= 15 is 0 Å². The number of carboxylic acids is 1. The number of aliphatic carboxylic acids is 1. The number of aryl methyl sites for hydroxylation is 1. The third kappa shape index (κ3) is 2.69. The first-order chi connectivity index (χ1) is 6.83. The standard InChI is InChI=1S/C7H11N3O4S/c1-5(7(11)12)15(13,14)9-6-3-8-10(2)4-6/h3-5,9H,1-2H3,(H,11,12). The highest BCUT2D eigenvalue weighted by molar-refractivity contribution is 7.94. The average Bonchev–Trinajstić information content (AvgIpc) is 2.48. The van der Waals surface area contributed by atoms with Crippen LogP contribution in [0.15, 0.2) is 12.4 Å². The van der Waals surface area contributed by atoms with Gasteiger partial charge in [0.2, 0.25) is 10.0 Å². The summed E-state index contributed by atoms with van der Waals surface area (Å²) in [7, 11) is -2.28. The second-order valence-corrected chi connectivity index (χ2v) is 5.03. The molecule has 0 spiro atoms. The summed E-state index contributed by atoms with van der Waals surface area (Å²) in [6.07, 6.45) is 2.73. The van der Waals surface area contributed by atoms with Crippen LogP contribution in [0.2, 0.25) is 0 Å². The van der Waals surface area contributed by atoms with Gasteiger partial charge in [-0.3, -0.25) is 14.2 Å². The van der Waals surface area contributed by atoms with Crippen molar-refractivity contribution in [3.8, 4) is 0 Å². The molecule has 0 aliphatic carbocycles. The first kappa shape index (κ1) is 11.5. The molecule has 1 rings (SSSR count). The van der Waals surface area contributed by atoms with Gasteiger partial charge in [0.05, 0.1) is 11.9 Å². The number of rotatable bonds is 4. The fraction of sp³-hybridized carbons (Fsp3) is 0.429. The van der Waals surface area contributed by atoms with Crippen LogP contribution in [0.3, 0.4) is 0 Å². The minimum Gasteiger partial charge on any atom is -0.480 e. The van der Waals surface area contributed by atoms with Gasteiger partial charge in [-0.05, 0) is 6.92 Å². The Kier molecular flexibility index (Phi) is 2.98. The maximum Gasteiger partial charge on any atom is 0.323 e. The van der Waals surface area contributed by atoms with Crippen LogP contribution in [0.4, 0.5) is 5.69 Å². The molecule has 0 aromatic carbocycles. The van der Waals surface area contributed by atoms with Gasteiger partial charge in [-0.25, -0.2) is 8.42 Å². The molecule has 1 unspecified atom stereocenters. The SMILES string of the molecule is CC(C(=O)O)S(=O)(=O)Nc1cnn(C)c1. The molecule has 1 heterocycles. The number of hydrogen-bond acceptors (Lipinski definition) is 4. The number of aromatic nitrogens is 2. The van der Waals surface area contributed by atoms with Gasteiger partial charge in [-0.15, -0.1) is 0 Å². The lowest BCUT2D eigenvalue weighted by Crippen LogP contribution is -2.31. The number of sulfonamides is 1. The highest BCUT2D eigenvalue weighted by Crippen LogP contribution is 2.10. The zero-order valence-corrected chi connectivity index (χ0v) is 9.02. The van der Waals surface area contributed by atoms with Crippen molar-refractivity contribution >= 4 is 21.7 Å². The van der Waals surface area contributed by atoms with Crippen molar-refractivity contribution in [1.29, 1.82) is 0 Å². The van der Waals surface area contributed by atoms with Gasteiger partial charge in [-0.2, -0.15) is 5.10 Å². The van der Waals surface area contributed by atoms with E-state index in [0.717, 1.165) is 6.92 Å². The lowest BCUT2D eigenvalue weighted by atomic mass is 10.5. The highest BCUT2D eigenvalue weighted by atomic mass is 32.2. The molecule has 15 heavy (non-hydrogen) atoms. The summed E-state index contributed by atoms with van der Waals surface area (Å²) in [6.45, 7) is 1.10. The minimum atomic E-state index is -3.90. The Hall–Kier alpha value is -1.57. The summed E-state index contributed by atoms with van der Waals surface area (Å²) >= 11 is 0. The summed E-state index contributed by atoms with van der Waals surface area (Å²) in [5.74, 6) is -1.40. The van der Waals surface area contributed by atoms with Crippen molar-refractivity contribution in [2.24, 2.45) is 7.05 Å². The normalized spacial score (nSPS) is 13.5. The molecule has 1 aromatic rings. The van der Waals surface area contributed by atoms with E-state index in [1.807, 2.05) is 0 Å². The van der Waals surface area contributed by atoms with Crippen molar-refractivity contribution in [3.63, 3.8) is 0 Å². The number of nitrogens with zero attached hydrogens (tertiary/aromatic N) is 2. The first-order valence-corrected chi connectivity index (χ1v) is 5.60. The lowest BCUT2D eigenvalue weighted by Gasteiger charge is -2.08. The predicted octanol–water partition coefficient (Wildman–Crippen LogP) is -0.365. The second kappa shape index (κ2) is 3.89. The Morgan fingerprint density at radius 1 is 1.67 bits per heavy atom. The van der Waals surface area contributed by atoms with Gasteiger partial charge in [0.15, 0.2) is 5.25 Å². The van der Waals surface area contributed by atoms with E-state index in [9.17, 15) is 13.2 Å². The summed E-state index contributed by atoms with van der Waals surface area (Å²) in [5, 5.41) is 10.8. The van der Waals surface area contributed by atoms with E-state index in [1.165, 1.54) is 17.1 Å². The lowest BCUT2D eigenvalue weighted by molar-refractivity contribution is -0.136.